The van der Waals surface area contributed by atoms with Gasteiger partial charge in [-0.3, -0.25) is 19.5 Å². The lowest BCUT2D eigenvalue weighted by Gasteiger charge is -2.28. The van der Waals surface area contributed by atoms with Crippen LogP contribution in [-0.2, 0) is 14.3 Å². The topological polar surface area (TPSA) is 128 Å². The van der Waals surface area contributed by atoms with E-state index in [2.05, 4.69) is 15.4 Å². The van der Waals surface area contributed by atoms with Crippen molar-refractivity contribution in [1.82, 2.24) is 15.3 Å². The summed E-state index contributed by atoms with van der Waals surface area (Å²) < 4.78 is 20.1. The number of cyclic esters (lactones) is 1. The van der Waals surface area contributed by atoms with Gasteiger partial charge in [0, 0.05) is 30.8 Å². The second-order valence-corrected chi connectivity index (χ2v) is 7.83. The van der Waals surface area contributed by atoms with E-state index in [0.717, 1.165) is 0 Å². The number of carbonyl (C=O) groups excluding carboxylic acids is 2. The highest BCUT2D eigenvalue weighted by Gasteiger charge is 2.32. The van der Waals surface area contributed by atoms with Crippen molar-refractivity contribution in [2.24, 2.45) is 5.10 Å². The number of hydrogen-bond acceptors (Lipinski definition) is 8. The number of benzene rings is 1. The zero-order valence-corrected chi connectivity index (χ0v) is 18.3. The van der Waals surface area contributed by atoms with Gasteiger partial charge in [0.15, 0.2) is 0 Å². The second-order valence-electron chi connectivity index (χ2n) is 7.83. The maximum absolute atomic E-state index is 14.9. The SMILES string of the molecule is CC(=O)NC[C@H]1CN(c2ccc(-c3ccc(N4C=NN(CC(=O)O)CC4)nc3)c(F)c2)C(=O)O1. The van der Waals surface area contributed by atoms with E-state index in [-0.39, 0.29) is 25.5 Å². The van der Waals surface area contributed by atoms with Crippen LogP contribution in [0.15, 0.2) is 41.6 Å². The minimum absolute atomic E-state index is 0.170. The number of carboxylic acids is 1. The largest absolute Gasteiger partial charge is 0.480 e. The minimum atomic E-state index is -0.951. The van der Waals surface area contributed by atoms with E-state index in [1.54, 1.807) is 35.4 Å². The molecule has 4 rings (SSSR count). The van der Waals surface area contributed by atoms with Crippen LogP contribution in [0, 0.1) is 5.82 Å². The Hall–Kier alpha value is -4.22. The first-order valence-corrected chi connectivity index (χ1v) is 10.6. The fraction of sp³-hybridized carbons (Fsp3) is 0.318. The molecule has 1 atom stereocenters. The number of halogens is 1. The molecule has 2 N–H and O–H groups in total. The molecule has 12 heteroatoms. The fourth-order valence-corrected chi connectivity index (χ4v) is 3.64. The molecule has 2 aliphatic heterocycles. The summed E-state index contributed by atoms with van der Waals surface area (Å²) in [5, 5.41) is 17.0. The van der Waals surface area contributed by atoms with Gasteiger partial charge in [0.2, 0.25) is 5.91 Å². The van der Waals surface area contributed by atoms with Crippen LogP contribution in [0.5, 0.6) is 0 Å². The van der Waals surface area contributed by atoms with Gasteiger partial charge in [-0.05, 0) is 30.3 Å². The van der Waals surface area contributed by atoms with E-state index in [4.69, 9.17) is 9.84 Å². The van der Waals surface area contributed by atoms with Gasteiger partial charge in [-0.15, -0.1) is 0 Å². The van der Waals surface area contributed by atoms with E-state index in [9.17, 15) is 18.8 Å². The first-order valence-electron chi connectivity index (χ1n) is 10.6. The van der Waals surface area contributed by atoms with Crippen molar-refractivity contribution in [3.05, 3.63) is 42.3 Å². The summed E-state index contributed by atoms with van der Waals surface area (Å²) in [6.07, 6.45) is 1.94. The lowest BCUT2D eigenvalue weighted by Crippen LogP contribution is -2.40. The van der Waals surface area contributed by atoms with Gasteiger partial charge >= 0.3 is 12.1 Å². The molecule has 178 valence electrons. The Morgan fingerprint density at radius 1 is 1.26 bits per heavy atom. The molecule has 2 amide bonds. The standard InChI is InChI=1S/C22H23FN6O5/c1-14(30)24-10-17-11-29(22(33)34-17)16-3-4-18(19(23)8-16)15-2-5-20(25-9-15)27-6-7-28(26-13-27)12-21(31)32/h2-5,8-9,13,17H,6-7,10-12H2,1H3,(H,24,30)(H,31,32)/t17-/m0/s1. The number of nitrogens with zero attached hydrogens (tertiary/aromatic N) is 5. The van der Waals surface area contributed by atoms with Crippen LogP contribution in [0.4, 0.5) is 20.7 Å². The zero-order chi connectivity index (χ0) is 24.2. The molecule has 0 aliphatic carbocycles. The van der Waals surface area contributed by atoms with Crippen molar-refractivity contribution in [3.63, 3.8) is 0 Å². The third-order valence-electron chi connectivity index (χ3n) is 5.34. The summed E-state index contributed by atoms with van der Waals surface area (Å²) in [6, 6.07) is 7.92. The number of hydrazone groups is 1. The maximum atomic E-state index is 14.9. The van der Waals surface area contributed by atoms with Gasteiger partial charge < -0.3 is 20.1 Å². The number of carbonyl (C=O) groups is 3. The lowest BCUT2D eigenvalue weighted by molar-refractivity contribution is -0.138. The number of nitrogens with one attached hydrogen (secondary N) is 1. The average Bonchev–Trinajstić information content (AvgIpc) is 3.18. The third-order valence-corrected chi connectivity index (χ3v) is 5.34. The highest BCUT2D eigenvalue weighted by molar-refractivity contribution is 5.90. The molecule has 0 saturated carbocycles. The number of aliphatic carboxylic acids is 1. The number of rotatable bonds is 7. The number of anilines is 2. The third kappa shape index (κ3) is 5.22. The molecule has 1 aromatic heterocycles. The van der Waals surface area contributed by atoms with Crippen molar-refractivity contribution >= 4 is 35.8 Å². The first kappa shape index (κ1) is 23.0. The molecule has 0 unspecified atom stereocenters. The van der Waals surface area contributed by atoms with Crippen LogP contribution in [0.3, 0.4) is 0 Å². The predicted octanol–water partition coefficient (Wildman–Crippen LogP) is 1.50. The van der Waals surface area contributed by atoms with E-state index in [0.29, 0.717) is 35.7 Å². The Labute approximate surface area is 194 Å². The summed E-state index contributed by atoms with van der Waals surface area (Å²) in [6.45, 7) is 2.55. The van der Waals surface area contributed by atoms with Gasteiger partial charge in [-0.1, -0.05) is 0 Å². The van der Waals surface area contributed by atoms with Crippen LogP contribution in [-0.4, -0.2) is 78.2 Å². The summed E-state index contributed by atoms with van der Waals surface area (Å²) in [5.41, 5.74) is 1.24. The molecule has 1 saturated heterocycles. The number of carboxylic acid groups (broad SMARTS) is 1. The lowest BCUT2D eigenvalue weighted by atomic mass is 10.1. The summed E-state index contributed by atoms with van der Waals surface area (Å²) >= 11 is 0. The zero-order valence-electron chi connectivity index (χ0n) is 18.3. The molecule has 1 aromatic carbocycles. The molecule has 0 spiro atoms. The van der Waals surface area contributed by atoms with Crippen LogP contribution in [0.25, 0.3) is 11.1 Å². The monoisotopic (exact) mass is 470 g/mol. The molecule has 34 heavy (non-hydrogen) atoms. The molecule has 0 bridgehead atoms. The highest BCUT2D eigenvalue weighted by atomic mass is 19.1. The predicted molar refractivity (Wildman–Crippen MR) is 121 cm³/mol. The van der Waals surface area contributed by atoms with Gasteiger partial charge in [0.05, 0.1) is 25.3 Å². The fourth-order valence-electron chi connectivity index (χ4n) is 3.64. The van der Waals surface area contributed by atoms with E-state index < -0.39 is 24.0 Å². The van der Waals surface area contributed by atoms with Crippen LogP contribution in [0.2, 0.25) is 0 Å². The van der Waals surface area contributed by atoms with Crippen molar-refractivity contribution in [1.29, 1.82) is 0 Å². The quantitative estimate of drug-likeness (QED) is 0.623. The van der Waals surface area contributed by atoms with E-state index in [1.165, 1.54) is 29.2 Å². The van der Waals surface area contributed by atoms with Gasteiger partial charge in [0.25, 0.3) is 0 Å². The molecule has 1 fully saturated rings. The van der Waals surface area contributed by atoms with Crippen LogP contribution < -0.4 is 15.1 Å². The summed E-state index contributed by atoms with van der Waals surface area (Å²) in [5.74, 6) is -1.09. The molecular formula is C22H23FN6O5. The Bertz CT molecular complexity index is 1130. The van der Waals surface area contributed by atoms with Crippen LogP contribution >= 0.6 is 0 Å². The van der Waals surface area contributed by atoms with Crippen molar-refractivity contribution < 1.29 is 28.6 Å². The van der Waals surface area contributed by atoms with Crippen molar-refractivity contribution in [2.45, 2.75) is 13.0 Å². The Morgan fingerprint density at radius 2 is 2.09 bits per heavy atom. The van der Waals surface area contributed by atoms with Gasteiger partial charge in [-0.25, -0.2) is 14.2 Å². The Morgan fingerprint density at radius 3 is 2.71 bits per heavy atom. The molecule has 0 radical (unpaired) electrons. The summed E-state index contributed by atoms with van der Waals surface area (Å²) in [7, 11) is 0. The number of hydrogen-bond donors (Lipinski definition) is 2. The average molecular weight is 470 g/mol. The Kier molecular flexibility index (Phi) is 6.57. The highest BCUT2D eigenvalue weighted by Crippen LogP contribution is 2.29. The second kappa shape index (κ2) is 9.73. The van der Waals surface area contributed by atoms with Gasteiger partial charge in [0.1, 0.15) is 30.6 Å². The normalized spacial score (nSPS) is 17.6. The molecule has 11 nitrogen and oxygen atoms in total. The van der Waals surface area contributed by atoms with E-state index >= 15 is 0 Å². The number of amides is 2. The smallest absolute Gasteiger partial charge is 0.414 e. The minimum Gasteiger partial charge on any atom is -0.480 e. The molecule has 2 aliphatic rings. The van der Waals surface area contributed by atoms with E-state index in [1.807, 2.05) is 0 Å². The first-order chi connectivity index (χ1) is 16.3. The van der Waals surface area contributed by atoms with Gasteiger partial charge in [-0.2, -0.15) is 5.10 Å². The molecule has 3 heterocycles. The molecular weight excluding hydrogens is 447 g/mol. The van der Waals surface area contributed by atoms with Crippen molar-refractivity contribution in [2.75, 3.05) is 42.5 Å². The van der Waals surface area contributed by atoms with Crippen LogP contribution in [0.1, 0.15) is 6.92 Å². The Balaban J connectivity index is 1.43. The number of aromatic nitrogens is 1. The number of pyridine rings is 1. The molecule has 2 aromatic rings. The summed E-state index contributed by atoms with van der Waals surface area (Å²) in [4.78, 5) is 41.5. The maximum Gasteiger partial charge on any atom is 0.414 e. The number of ether oxygens (including phenoxy) is 1. The van der Waals surface area contributed by atoms with Crippen molar-refractivity contribution in [3.8, 4) is 11.1 Å².